The second-order valence-corrected chi connectivity index (χ2v) is 13.9. The molecule has 4 amide bonds. The highest BCUT2D eigenvalue weighted by molar-refractivity contribution is 7.89. The maximum absolute atomic E-state index is 13.4. The van der Waals surface area contributed by atoms with Gasteiger partial charge in [-0.15, -0.1) is 0 Å². The Balaban J connectivity index is 1.64. The number of pyridine rings is 1. The van der Waals surface area contributed by atoms with E-state index in [0.717, 1.165) is 0 Å². The van der Waals surface area contributed by atoms with Gasteiger partial charge in [-0.05, 0) is 48.1 Å². The molecule has 246 valence electrons. The number of nitrogens with zero attached hydrogens (tertiary/aromatic N) is 1. The molecule has 0 aliphatic carbocycles. The van der Waals surface area contributed by atoms with Crippen molar-refractivity contribution < 1.29 is 32.4 Å². The first kappa shape index (κ1) is 35.8. The lowest BCUT2D eigenvalue weighted by Crippen LogP contribution is -2.59. The van der Waals surface area contributed by atoms with Gasteiger partial charge in [-0.2, -0.15) is 0 Å². The Morgan fingerprint density at radius 2 is 1.48 bits per heavy atom. The predicted octanol–water partition coefficient (Wildman–Crippen LogP) is 1.56. The Kier molecular flexibility index (Phi) is 11.4. The van der Waals surface area contributed by atoms with Gasteiger partial charge in [0.25, 0.3) is 11.8 Å². The first-order valence-corrected chi connectivity index (χ1v) is 16.1. The van der Waals surface area contributed by atoms with E-state index in [1.54, 1.807) is 65.0 Å². The van der Waals surface area contributed by atoms with Crippen molar-refractivity contribution in [2.24, 2.45) is 16.5 Å². The molecule has 13 nitrogen and oxygen atoms in total. The lowest BCUT2D eigenvalue weighted by atomic mass is 9.85. The summed E-state index contributed by atoms with van der Waals surface area (Å²) in [6.07, 6.45) is 1.51. The molecule has 1 heterocycles. The molecule has 14 heteroatoms. The van der Waals surface area contributed by atoms with Gasteiger partial charge in [-0.1, -0.05) is 65.0 Å². The van der Waals surface area contributed by atoms with Crippen LogP contribution < -0.4 is 26.4 Å². The topological polar surface area (TPSA) is 207 Å². The number of primary sulfonamides is 1. The minimum atomic E-state index is -3.88. The number of sulfonamides is 1. The van der Waals surface area contributed by atoms with Crippen molar-refractivity contribution in [2.75, 3.05) is 0 Å². The number of hydrogen-bond acceptors (Lipinski definition) is 8. The standard InChI is InChI=1S/C32H40N6O7S/c1-18(2)25(26(39)30(42)35-17-20-11-13-21(14-12-20)46(33,44)45)37-28(40)19(3)36-31(43)27(32(4,5)6)38-29(41)23-15-16-34-24-10-8-7-9-22(23)24/h7-16,18-19,25,27H,17H2,1-6H3,(H,35,42)(H,36,43)(H,37,40)(H,38,41)(H2,33,44,45). The van der Waals surface area contributed by atoms with E-state index in [9.17, 15) is 32.4 Å². The maximum Gasteiger partial charge on any atom is 0.289 e. The number of Topliss-reactive ketones (excluding diaryl/α,β-unsaturated/α-hetero) is 1. The van der Waals surface area contributed by atoms with E-state index in [2.05, 4.69) is 26.3 Å². The lowest BCUT2D eigenvalue weighted by molar-refractivity contribution is -0.141. The highest BCUT2D eigenvalue weighted by Crippen LogP contribution is 2.22. The minimum Gasteiger partial charge on any atom is -0.345 e. The number of fused-ring (bicyclic) bond motifs is 1. The molecule has 0 aliphatic rings. The fraction of sp³-hybridized carbons (Fsp3) is 0.375. The Hall–Kier alpha value is -4.69. The molecule has 3 aromatic rings. The third kappa shape index (κ3) is 9.17. The highest BCUT2D eigenvalue weighted by atomic mass is 32.2. The Labute approximate surface area is 268 Å². The molecule has 0 aliphatic heterocycles. The SMILES string of the molecule is CC(NC(=O)C(NC(=O)c1ccnc2ccccc12)C(C)(C)C)C(=O)NC(C(=O)C(=O)NCc1ccc(S(N)(=O)=O)cc1)C(C)C. The second kappa shape index (κ2) is 14.6. The van der Waals surface area contributed by atoms with Crippen molar-refractivity contribution in [1.29, 1.82) is 0 Å². The van der Waals surface area contributed by atoms with Crippen molar-refractivity contribution in [3.05, 3.63) is 71.9 Å². The molecule has 0 saturated heterocycles. The van der Waals surface area contributed by atoms with Crippen LogP contribution in [0.5, 0.6) is 0 Å². The van der Waals surface area contributed by atoms with Gasteiger partial charge in [0.15, 0.2) is 0 Å². The Morgan fingerprint density at radius 1 is 0.848 bits per heavy atom. The molecule has 3 rings (SSSR count). The largest absolute Gasteiger partial charge is 0.345 e. The van der Waals surface area contributed by atoms with E-state index in [4.69, 9.17) is 5.14 Å². The average Bonchev–Trinajstić information content (AvgIpc) is 2.99. The number of para-hydroxylation sites is 1. The number of rotatable bonds is 12. The smallest absolute Gasteiger partial charge is 0.289 e. The number of carbonyl (C=O) groups excluding carboxylic acids is 5. The molecule has 2 aromatic carbocycles. The maximum atomic E-state index is 13.4. The van der Waals surface area contributed by atoms with Gasteiger partial charge < -0.3 is 21.3 Å². The number of ketones is 1. The minimum absolute atomic E-state index is 0.0735. The number of nitrogens with two attached hydrogens (primary N) is 1. The molecule has 0 saturated carbocycles. The summed E-state index contributed by atoms with van der Waals surface area (Å²) in [6.45, 7) is 9.97. The highest BCUT2D eigenvalue weighted by Gasteiger charge is 2.36. The Morgan fingerprint density at radius 3 is 2.07 bits per heavy atom. The van der Waals surface area contributed by atoms with Crippen molar-refractivity contribution >= 4 is 50.3 Å². The van der Waals surface area contributed by atoms with Gasteiger partial charge in [0, 0.05) is 18.1 Å². The van der Waals surface area contributed by atoms with E-state index in [-0.39, 0.29) is 11.4 Å². The van der Waals surface area contributed by atoms with Crippen LogP contribution in [-0.2, 0) is 35.7 Å². The average molecular weight is 653 g/mol. The Bertz CT molecular complexity index is 1730. The van der Waals surface area contributed by atoms with E-state index in [0.29, 0.717) is 22.0 Å². The summed E-state index contributed by atoms with van der Waals surface area (Å²) in [5.74, 6) is -4.12. The van der Waals surface area contributed by atoms with Gasteiger partial charge in [-0.25, -0.2) is 13.6 Å². The van der Waals surface area contributed by atoms with E-state index >= 15 is 0 Å². The van der Waals surface area contributed by atoms with Crippen LogP contribution in [0.1, 0.15) is 57.5 Å². The van der Waals surface area contributed by atoms with Gasteiger partial charge in [0.2, 0.25) is 27.6 Å². The van der Waals surface area contributed by atoms with Gasteiger partial charge in [0.05, 0.1) is 22.0 Å². The zero-order chi connectivity index (χ0) is 34.4. The normalized spacial score (nSPS) is 13.7. The summed E-state index contributed by atoms with van der Waals surface area (Å²) >= 11 is 0. The lowest BCUT2D eigenvalue weighted by Gasteiger charge is -2.31. The fourth-order valence-corrected chi connectivity index (χ4v) is 5.08. The molecule has 6 N–H and O–H groups in total. The van der Waals surface area contributed by atoms with Crippen LogP contribution in [0, 0.1) is 11.3 Å². The fourth-order valence-electron chi connectivity index (χ4n) is 4.56. The number of nitrogens with one attached hydrogen (secondary N) is 4. The quantitative estimate of drug-likeness (QED) is 0.181. The van der Waals surface area contributed by atoms with Crippen LogP contribution in [0.2, 0.25) is 0 Å². The van der Waals surface area contributed by atoms with Crippen molar-refractivity contribution in [3.63, 3.8) is 0 Å². The van der Waals surface area contributed by atoms with Crippen LogP contribution in [0.15, 0.2) is 65.7 Å². The van der Waals surface area contributed by atoms with E-state index in [1.807, 2.05) is 0 Å². The van der Waals surface area contributed by atoms with Crippen LogP contribution >= 0.6 is 0 Å². The molecule has 1 aromatic heterocycles. The van der Waals surface area contributed by atoms with E-state index in [1.165, 1.54) is 37.4 Å². The van der Waals surface area contributed by atoms with Crippen molar-refractivity contribution in [2.45, 2.75) is 71.1 Å². The van der Waals surface area contributed by atoms with Gasteiger partial charge in [0.1, 0.15) is 12.1 Å². The first-order valence-electron chi connectivity index (χ1n) is 14.6. The molecule has 3 atom stereocenters. The summed E-state index contributed by atoms with van der Waals surface area (Å²) < 4.78 is 22.9. The van der Waals surface area contributed by atoms with Crippen molar-refractivity contribution in [1.82, 2.24) is 26.3 Å². The third-order valence-corrected chi connectivity index (χ3v) is 8.15. The number of amides is 4. The van der Waals surface area contributed by atoms with Gasteiger partial charge >= 0.3 is 0 Å². The predicted molar refractivity (Wildman–Crippen MR) is 171 cm³/mol. The van der Waals surface area contributed by atoms with Crippen LogP contribution in [-0.4, -0.2) is 60.9 Å². The molecule has 0 bridgehead atoms. The summed E-state index contributed by atoms with van der Waals surface area (Å²) in [4.78, 5) is 69.7. The van der Waals surface area contributed by atoms with E-state index < -0.39 is 68.9 Å². The molecule has 0 spiro atoms. The summed E-state index contributed by atoms with van der Waals surface area (Å²) in [5.41, 5.74) is 0.744. The van der Waals surface area contributed by atoms with Crippen LogP contribution in [0.4, 0.5) is 0 Å². The number of benzene rings is 2. The molecular formula is C32H40N6O7S. The summed E-state index contributed by atoms with van der Waals surface area (Å²) in [6, 6.07) is 10.8. The van der Waals surface area contributed by atoms with Crippen LogP contribution in [0.25, 0.3) is 10.9 Å². The van der Waals surface area contributed by atoms with Crippen molar-refractivity contribution in [3.8, 4) is 0 Å². The summed E-state index contributed by atoms with van der Waals surface area (Å²) in [7, 11) is -3.88. The molecule has 0 fully saturated rings. The third-order valence-electron chi connectivity index (χ3n) is 7.23. The zero-order valence-electron chi connectivity index (χ0n) is 26.6. The van der Waals surface area contributed by atoms with Gasteiger partial charge in [-0.3, -0.25) is 29.0 Å². The number of carbonyl (C=O) groups is 5. The van der Waals surface area contributed by atoms with Crippen LogP contribution in [0.3, 0.4) is 0 Å². The zero-order valence-corrected chi connectivity index (χ0v) is 27.4. The number of hydrogen-bond donors (Lipinski definition) is 5. The molecule has 46 heavy (non-hydrogen) atoms. The summed E-state index contributed by atoms with van der Waals surface area (Å²) in [5, 5.41) is 16.1. The molecular weight excluding hydrogens is 612 g/mol. The second-order valence-electron chi connectivity index (χ2n) is 12.3. The first-order chi connectivity index (χ1) is 21.4. The monoisotopic (exact) mass is 652 g/mol. The number of aromatic nitrogens is 1. The molecule has 0 radical (unpaired) electrons. The molecule has 3 unspecified atom stereocenters.